The summed E-state index contributed by atoms with van der Waals surface area (Å²) in [5.74, 6) is -0.313. The largest absolute Gasteiger partial charge is 0.453 e. The van der Waals surface area contributed by atoms with Crippen LogP contribution in [0.25, 0.3) is 0 Å². The number of hydrogen-bond acceptors (Lipinski definition) is 5. The van der Waals surface area contributed by atoms with Gasteiger partial charge in [-0.05, 0) is 42.9 Å². The minimum Gasteiger partial charge on any atom is -0.453 e. The molecule has 1 aliphatic carbocycles. The van der Waals surface area contributed by atoms with Crippen LogP contribution in [-0.2, 0) is 17.6 Å². The lowest BCUT2D eigenvalue weighted by molar-refractivity contribution is 0.0937. The molecule has 1 atom stereocenters. The number of methoxy groups -OCH3 is 1. The average molecular weight is 372 g/mol. The molecule has 0 bridgehead atoms. The molecule has 7 heteroatoms. The zero-order valence-electron chi connectivity index (χ0n) is 14.6. The van der Waals surface area contributed by atoms with Gasteiger partial charge in [-0.1, -0.05) is 25.1 Å². The summed E-state index contributed by atoms with van der Waals surface area (Å²) >= 11 is 1.41. The van der Waals surface area contributed by atoms with Crippen molar-refractivity contribution in [3.63, 3.8) is 0 Å². The van der Waals surface area contributed by atoms with Crippen molar-refractivity contribution >= 4 is 34.2 Å². The van der Waals surface area contributed by atoms with E-state index in [2.05, 4.69) is 22.3 Å². The van der Waals surface area contributed by atoms with Crippen LogP contribution in [0.3, 0.4) is 0 Å². The van der Waals surface area contributed by atoms with E-state index in [1.807, 2.05) is 6.07 Å². The van der Waals surface area contributed by atoms with Gasteiger partial charge in [0.2, 0.25) is 0 Å². The predicted octanol–water partition coefficient (Wildman–Crippen LogP) is 3.62. The van der Waals surface area contributed by atoms with Gasteiger partial charge in [0.25, 0.3) is 11.8 Å². The van der Waals surface area contributed by atoms with Crippen LogP contribution in [-0.4, -0.2) is 25.0 Å². The molecule has 0 saturated carbocycles. The lowest BCUT2D eigenvalue weighted by Crippen LogP contribution is -2.31. The smallest absolute Gasteiger partial charge is 0.413 e. The molecule has 0 spiro atoms. The summed E-state index contributed by atoms with van der Waals surface area (Å²) in [5.41, 5.74) is 1.79. The molecule has 0 aliphatic heterocycles. The molecule has 6 nitrogen and oxygen atoms in total. The van der Waals surface area contributed by atoms with E-state index in [1.165, 1.54) is 18.4 Å². The van der Waals surface area contributed by atoms with Gasteiger partial charge in [-0.3, -0.25) is 14.9 Å². The van der Waals surface area contributed by atoms with Crippen LogP contribution >= 0.6 is 11.3 Å². The van der Waals surface area contributed by atoms with Crippen LogP contribution in [0, 0.1) is 5.92 Å². The second-order valence-corrected chi connectivity index (χ2v) is 7.43. The third kappa shape index (κ3) is 3.77. The normalized spacial score (nSPS) is 15.7. The molecule has 1 heterocycles. The van der Waals surface area contributed by atoms with Gasteiger partial charge in [0, 0.05) is 10.4 Å². The molecule has 0 saturated heterocycles. The summed E-state index contributed by atoms with van der Waals surface area (Å²) in [7, 11) is 1.20. The number of hydrogen-bond donors (Lipinski definition) is 2. The van der Waals surface area contributed by atoms with Crippen LogP contribution < -0.4 is 10.6 Å². The summed E-state index contributed by atoms with van der Waals surface area (Å²) in [6, 6.07) is 8.80. The molecule has 0 radical (unpaired) electrons. The first-order chi connectivity index (χ1) is 12.5. The Balaban J connectivity index is 1.94. The number of alkyl carbamates (subject to hydrolysis) is 1. The van der Waals surface area contributed by atoms with E-state index in [0.717, 1.165) is 29.7 Å². The number of ether oxygens (including phenoxy) is 1. The molecule has 1 aliphatic rings. The number of nitrogens with one attached hydrogen (secondary N) is 2. The number of carbonyl (C=O) groups is 3. The number of carbonyl (C=O) groups excluding carboxylic acids is 3. The molecule has 3 amide bonds. The molecule has 1 aromatic heterocycles. The number of rotatable bonds is 3. The van der Waals surface area contributed by atoms with E-state index in [0.29, 0.717) is 22.0 Å². The lowest BCUT2D eigenvalue weighted by Gasteiger charge is -2.18. The summed E-state index contributed by atoms with van der Waals surface area (Å²) in [6.07, 6.45) is 1.76. The van der Waals surface area contributed by atoms with Crippen LogP contribution in [0.4, 0.5) is 9.80 Å². The number of amides is 3. The second kappa shape index (κ2) is 7.70. The first kappa shape index (κ1) is 18.1. The minimum absolute atomic E-state index is 0.288. The summed E-state index contributed by atoms with van der Waals surface area (Å²) in [4.78, 5) is 37.7. The fourth-order valence-corrected chi connectivity index (χ4v) is 4.45. The molecule has 0 unspecified atom stereocenters. The fourth-order valence-electron chi connectivity index (χ4n) is 3.05. The Bertz CT molecular complexity index is 845. The van der Waals surface area contributed by atoms with E-state index in [1.54, 1.807) is 24.3 Å². The third-order valence-electron chi connectivity index (χ3n) is 4.40. The third-order valence-corrected chi connectivity index (χ3v) is 5.57. The van der Waals surface area contributed by atoms with Crippen molar-refractivity contribution in [2.24, 2.45) is 5.92 Å². The zero-order valence-corrected chi connectivity index (χ0v) is 15.4. The SMILES string of the molecule is COC(=O)NC(=O)c1c(NC(=O)c2ccccc2)sc2c1CC[C@@H](C)C2. The maximum atomic E-state index is 12.6. The molecule has 3 rings (SSSR count). The van der Waals surface area contributed by atoms with Crippen LogP contribution in [0.15, 0.2) is 30.3 Å². The first-order valence-electron chi connectivity index (χ1n) is 8.39. The first-order valence-corrected chi connectivity index (χ1v) is 9.21. The number of anilines is 1. The highest BCUT2D eigenvalue weighted by atomic mass is 32.1. The summed E-state index contributed by atoms with van der Waals surface area (Å²) < 4.78 is 4.52. The van der Waals surface area contributed by atoms with Gasteiger partial charge in [-0.2, -0.15) is 0 Å². The highest BCUT2D eigenvalue weighted by molar-refractivity contribution is 7.17. The van der Waals surface area contributed by atoms with E-state index in [4.69, 9.17) is 0 Å². The number of benzene rings is 1. The highest BCUT2D eigenvalue weighted by Gasteiger charge is 2.29. The van der Waals surface area contributed by atoms with Gasteiger partial charge in [-0.25, -0.2) is 4.79 Å². The van der Waals surface area contributed by atoms with Crippen molar-refractivity contribution in [3.05, 3.63) is 51.9 Å². The zero-order chi connectivity index (χ0) is 18.7. The van der Waals surface area contributed by atoms with Gasteiger partial charge in [0.1, 0.15) is 5.00 Å². The van der Waals surface area contributed by atoms with Crippen molar-refractivity contribution in [2.75, 3.05) is 12.4 Å². The summed E-state index contributed by atoms with van der Waals surface area (Å²) in [6.45, 7) is 2.17. The molecule has 2 aromatic rings. The minimum atomic E-state index is -0.820. The quantitative estimate of drug-likeness (QED) is 0.862. The fraction of sp³-hybridized carbons (Fsp3) is 0.316. The average Bonchev–Trinajstić information content (AvgIpc) is 2.99. The maximum Gasteiger partial charge on any atom is 0.413 e. The predicted molar refractivity (Wildman–Crippen MR) is 99.8 cm³/mol. The van der Waals surface area contributed by atoms with Gasteiger partial charge >= 0.3 is 6.09 Å². The maximum absolute atomic E-state index is 12.6. The monoisotopic (exact) mass is 372 g/mol. The number of thiophene rings is 1. The highest BCUT2D eigenvalue weighted by Crippen LogP contribution is 2.39. The van der Waals surface area contributed by atoms with E-state index in [-0.39, 0.29) is 5.91 Å². The van der Waals surface area contributed by atoms with Crippen LogP contribution in [0.1, 0.15) is 44.5 Å². The molecular weight excluding hydrogens is 352 g/mol. The Kier molecular flexibility index (Phi) is 5.37. The van der Waals surface area contributed by atoms with Crippen molar-refractivity contribution in [3.8, 4) is 0 Å². The van der Waals surface area contributed by atoms with Crippen molar-refractivity contribution in [2.45, 2.75) is 26.2 Å². The van der Waals surface area contributed by atoms with Crippen LogP contribution in [0.5, 0.6) is 0 Å². The second-order valence-electron chi connectivity index (χ2n) is 6.32. The Morgan fingerprint density at radius 3 is 2.58 bits per heavy atom. The molecule has 136 valence electrons. The summed E-state index contributed by atoms with van der Waals surface area (Å²) in [5, 5.41) is 5.51. The number of imide groups is 1. The molecule has 1 aromatic carbocycles. The van der Waals surface area contributed by atoms with Crippen molar-refractivity contribution < 1.29 is 19.1 Å². The molecule has 2 N–H and O–H groups in total. The van der Waals surface area contributed by atoms with Crippen molar-refractivity contribution in [1.82, 2.24) is 5.32 Å². The van der Waals surface area contributed by atoms with Crippen molar-refractivity contribution in [1.29, 1.82) is 0 Å². The van der Waals surface area contributed by atoms with Gasteiger partial charge in [0.05, 0.1) is 12.7 Å². The Morgan fingerprint density at radius 2 is 1.88 bits per heavy atom. The molecule has 26 heavy (non-hydrogen) atoms. The number of fused-ring (bicyclic) bond motifs is 1. The lowest BCUT2D eigenvalue weighted by atomic mass is 9.88. The molecular formula is C19H20N2O4S. The van der Waals surface area contributed by atoms with E-state index < -0.39 is 12.0 Å². The van der Waals surface area contributed by atoms with Gasteiger partial charge in [-0.15, -0.1) is 11.3 Å². The van der Waals surface area contributed by atoms with Crippen LogP contribution in [0.2, 0.25) is 0 Å². The topological polar surface area (TPSA) is 84.5 Å². The molecule has 0 fully saturated rings. The standard InChI is InChI=1S/C19H20N2O4S/c1-11-8-9-13-14(10-11)26-18(15(13)17(23)21-19(24)25-2)20-16(22)12-6-4-3-5-7-12/h3-7,11H,8-10H2,1-2H3,(H,20,22)(H,21,23,24)/t11-/m1/s1. The van der Waals surface area contributed by atoms with Gasteiger partial charge in [0.15, 0.2) is 0 Å². The van der Waals surface area contributed by atoms with Gasteiger partial charge < -0.3 is 10.1 Å². The van der Waals surface area contributed by atoms with E-state index in [9.17, 15) is 14.4 Å². The Labute approximate surface area is 155 Å². The van der Waals surface area contributed by atoms with E-state index >= 15 is 0 Å². The Hall–Kier alpha value is -2.67. The Morgan fingerprint density at radius 1 is 1.15 bits per heavy atom.